The molecule has 0 bridgehead atoms. The number of thiazole rings is 1. The van der Waals surface area contributed by atoms with Gasteiger partial charge in [-0.1, -0.05) is 6.92 Å². The van der Waals surface area contributed by atoms with Crippen molar-refractivity contribution in [1.82, 2.24) is 14.9 Å². The zero-order chi connectivity index (χ0) is 17.3. The molecular formula is C17H21N3O3S. The van der Waals surface area contributed by atoms with Crippen LogP contribution in [-0.4, -0.2) is 46.4 Å². The van der Waals surface area contributed by atoms with Crippen molar-refractivity contribution in [1.29, 1.82) is 0 Å². The summed E-state index contributed by atoms with van der Waals surface area (Å²) < 4.78 is 4.93. The molecule has 7 heteroatoms. The Morgan fingerprint density at radius 1 is 1.50 bits per heavy atom. The first-order valence-corrected chi connectivity index (χ1v) is 8.98. The van der Waals surface area contributed by atoms with Gasteiger partial charge in [-0.3, -0.25) is 4.79 Å². The average Bonchev–Trinajstić information content (AvgIpc) is 3.23. The Morgan fingerprint density at radius 3 is 2.92 bits per heavy atom. The fraction of sp³-hybridized carbons (Fsp3) is 0.471. The molecule has 0 saturated carbocycles. The van der Waals surface area contributed by atoms with E-state index < -0.39 is 0 Å². The van der Waals surface area contributed by atoms with Crippen LogP contribution in [0.15, 0.2) is 5.38 Å². The van der Waals surface area contributed by atoms with E-state index in [0.29, 0.717) is 26.1 Å². The minimum Gasteiger partial charge on any atom is -0.448 e. The zero-order valence-electron chi connectivity index (χ0n) is 14.1. The van der Waals surface area contributed by atoms with E-state index in [1.165, 1.54) is 0 Å². The highest BCUT2D eigenvalue weighted by atomic mass is 32.1. The molecule has 0 radical (unpaired) electrons. The van der Waals surface area contributed by atoms with Crippen LogP contribution in [0.5, 0.6) is 0 Å². The summed E-state index contributed by atoms with van der Waals surface area (Å²) in [6, 6.07) is 0. The third kappa shape index (κ3) is 3.08. The van der Waals surface area contributed by atoms with Crippen LogP contribution in [0.2, 0.25) is 0 Å². The second-order valence-electron chi connectivity index (χ2n) is 5.87. The third-order valence-corrected chi connectivity index (χ3v) is 5.15. The quantitative estimate of drug-likeness (QED) is 0.814. The summed E-state index contributed by atoms with van der Waals surface area (Å²) in [6.07, 6.45) is 1.24. The molecular weight excluding hydrogens is 326 g/mol. The van der Waals surface area contributed by atoms with Crippen molar-refractivity contribution >= 4 is 23.2 Å². The molecule has 6 nitrogen and oxygen atoms in total. The van der Waals surface area contributed by atoms with E-state index in [1.807, 2.05) is 19.2 Å². The van der Waals surface area contributed by atoms with E-state index in [2.05, 4.69) is 9.97 Å². The van der Waals surface area contributed by atoms with Crippen LogP contribution < -0.4 is 0 Å². The number of amides is 1. The number of carbonyl (C=O) groups is 2. The number of aromatic nitrogens is 2. The van der Waals surface area contributed by atoms with Crippen LogP contribution in [0.3, 0.4) is 0 Å². The smallest absolute Gasteiger partial charge is 0.409 e. The Balaban J connectivity index is 1.79. The lowest BCUT2D eigenvalue weighted by molar-refractivity contribution is 0.101. The molecule has 2 aromatic rings. The van der Waals surface area contributed by atoms with Gasteiger partial charge in [0.15, 0.2) is 5.78 Å². The molecule has 2 aromatic heterocycles. The number of aryl methyl sites for hydroxylation is 1. The number of nitrogens with zero attached hydrogens (tertiary/aromatic N) is 2. The van der Waals surface area contributed by atoms with Crippen LogP contribution in [0.1, 0.15) is 40.5 Å². The maximum absolute atomic E-state index is 11.9. The second-order valence-corrected chi connectivity index (χ2v) is 6.81. The fourth-order valence-corrected chi connectivity index (χ4v) is 3.90. The summed E-state index contributed by atoms with van der Waals surface area (Å²) in [5.74, 6) is 0.0786. The molecule has 1 saturated heterocycles. The summed E-state index contributed by atoms with van der Waals surface area (Å²) in [7, 11) is 0. The standard InChI is InChI=1S/C17H21N3O3S/c1-4-12-15(11(3)21)10(2)18-16(12)13-9-24-14(19-13)5-6-20-7-8-23-17(20)22/h9,18H,4-8H2,1-3H3. The van der Waals surface area contributed by atoms with E-state index in [1.54, 1.807) is 23.2 Å². The number of hydrogen-bond donors (Lipinski definition) is 1. The highest BCUT2D eigenvalue weighted by Gasteiger charge is 2.22. The highest BCUT2D eigenvalue weighted by molar-refractivity contribution is 7.09. The van der Waals surface area contributed by atoms with Gasteiger partial charge in [0, 0.05) is 29.6 Å². The van der Waals surface area contributed by atoms with Crippen LogP contribution in [-0.2, 0) is 17.6 Å². The molecule has 128 valence electrons. The van der Waals surface area contributed by atoms with Gasteiger partial charge >= 0.3 is 6.09 Å². The number of ether oxygens (including phenoxy) is 1. The van der Waals surface area contributed by atoms with Crippen LogP contribution in [0.25, 0.3) is 11.4 Å². The molecule has 0 aromatic carbocycles. The monoisotopic (exact) mass is 347 g/mol. The SMILES string of the molecule is CCc1c(-c2csc(CCN3CCOC3=O)n2)[nH]c(C)c1C(C)=O. The van der Waals surface area contributed by atoms with Gasteiger partial charge in [-0.2, -0.15) is 0 Å². The van der Waals surface area contributed by atoms with Gasteiger partial charge in [-0.25, -0.2) is 9.78 Å². The average molecular weight is 347 g/mol. The number of ketones is 1. The van der Waals surface area contributed by atoms with E-state index in [0.717, 1.165) is 39.6 Å². The van der Waals surface area contributed by atoms with E-state index in [4.69, 9.17) is 4.74 Å². The van der Waals surface area contributed by atoms with Crippen molar-refractivity contribution in [2.45, 2.75) is 33.6 Å². The first-order chi connectivity index (χ1) is 11.5. The Hall–Kier alpha value is -2.15. The van der Waals surface area contributed by atoms with Crippen LogP contribution in [0, 0.1) is 6.92 Å². The van der Waals surface area contributed by atoms with E-state index in [-0.39, 0.29) is 11.9 Å². The van der Waals surface area contributed by atoms with Gasteiger partial charge in [0.1, 0.15) is 6.61 Å². The summed E-state index contributed by atoms with van der Waals surface area (Å²) in [4.78, 5) is 33.1. The number of H-pyrrole nitrogens is 1. The molecule has 0 aliphatic carbocycles. The molecule has 0 atom stereocenters. The first-order valence-electron chi connectivity index (χ1n) is 8.10. The number of nitrogens with one attached hydrogen (secondary N) is 1. The topological polar surface area (TPSA) is 75.3 Å². The van der Waals surface area contributed by atoms with Gasteiger partial charge in [0.05, 0.1) is 22.9 Å². The maximum Gasteiger partial charge on any atom is 0.409 e. The lowest BCUT2D eigenvalue weighted by Crippen LogP contribution is -2.26. The molecule has 1 fully saturated rings. The van der Waals surface area contributed by atoms with Gasteiger partial charge in [0.25, 0.3) is 0 Å². The largest absolute Gasteiger partial charge is 0.448 e. The van der Waals surface area contributed by atoms with Crippen molar-refractivity contribution in [2.75, 3.05) is 19.7 Å². The summed E-state index contributed by atoms with van der Waals surface area (Å²) >= 11 is 1.58. The van der Waals surface area contributed by atoms with E-state index in [9.17, 15) is 9.59 Å². The second kappa shape index (κ2) is 6.76. The van der Waals surface area contributed by atoms with Gasteiger partial charge in [0.2, 0.25) is 0 Å². The number of rotatable bonds is 6. The molecule has 0 spiro atoms. The van der Waals surface area contributed by atoms with Crippen molar-refractivity contribution in [3.8, 4) is 11.4 Å². The normalized spacial score (nSPS) is 14.3. The number of carbonyl (C=O) groups excluding carboxylic acids is 2. The van der Waals surface area contributed by atoms with Crippen molar-refractivity contribution in [3.05, 3.63) is 27.2 Å². The Labute approximate surface area is 144 Å². The minimum absolute atomic E-state index is 0.0786. The Morgan fingerprint density at radius 2 is 2.29 bits per heavy atom. The number of Topliss-reactive ketones (excluding diaryl/α,β-unsaturated/α-hetero) is 1. The number of hydrogen-bond acceptors (Lipinski definition) is 5. The third-order valence-electron chi connectivity index (χ3n) is 4.25. The Kier molecular flexibility index (Phi) is 4.71. The summed E-state index contributed by atoms with van der Waals surface area (Å²) in [6.45, 7) is 7.30. The molecule has 3 heterocycles. The van der Waals surface area contributed by atoms with Crippen molar-refractivity contribution in [3.63, 3.8) is 0 Å². The van der Waals surface area contributed by atoms with Gasteiger partial charge < -0.3 is 14.6 Å². The molecule has 1 aliphatic rings. The first kappa shape index (κ1) is 16.7. The van der Waals surface area contributed by atoms with Gasteiger partial charge in [-0.15, -0.1) is 11.3 Å². The van der Waals surface area contributed by atoms with Crippen molar-refractivity contribution < 1.29 is 14.3 Å². The molecule has 3 rings (SSSR count). The number of cyclic esters (lactones) is 1. The maximum atomic E-state index is 11.9. The molecule has 24 heavy (non-hydrogen) atoms. The summed E-state index contributed by atoms with van der Waals surface area (Å²) in [5, 5.41) is 2.98. The molecule has 1 N–H and O–H groups in total. The predicted molar refractivity (Wildman–Crippen MR) is 92.6 cm³/mol. The summed E-state index contributed by atoms with van der Waals surface area (Å²) in [5.41, 5.74) is 4.50. The van der Waals surface area contributed by atoms with Crippen LogP contribution >= 0.6 is 11.3 Å². The van der Waals surface area contributed by atoms with Crippen molar-refractivity contribution in [2.24, 2.45) is 0 Å². The highest BCUT2D eigenvalue weighted by Crippen LogP contribution is 2.30. The zero-order valence-corrected chi connectivity index (χ0v) is 15.0. The molecule has 1 amide bonds. The number of aromatic amines is 1. The predicted octanol–water partition coefficient (Wildman–Crippen LogP) is 3.21. The minimum atomic E-state index is -0.244. The van der Waals surface area contributed by atoms with Gasteiger partial charge in [-0.05, 0) is 25.8 Å². The molecule has 0 unspecified atom stereocenters. The fourth-order valence-electron chi connectivity index (χ4n) is 3.13. The molecule has 1 aliphatic heterocycles. The van der Waals surface area contributed by atoms with E-state index >= 15 is 0 Å². The lowest BCUT2D eigenvalue weighted by Gasteiger charge is -2.10. The Bertz CT molecular complexity index is 778. The lowest BCUT2D eigenvalue weighted by atomic mass is 10.0. The van der Waals surface area contributed by atoms with Crippen LogP contribution in [0.4, 0.5) is 4.79 Å².